The maximum absolute atomic E-state index is 6.00. The highest BCUT2D eigenvalue weighted by Gasteiger charge is 2.24. The van der Waals surface area contributed by atoms with Crippen molar-refractivity contribution in [3.8, 4) is 11.3 Å². The van der Waals surface area contributed by atoms with E-state index >= 15 is 0 Å². The van der Waals surface area contributed by atoms with Crippen LogP contribution in [-0.4, -0.2) is 23.1 Å². The molecule has 0 aliphatic carbocycles. The summed E-state index contributed by atoms with van der Waals surface area (Å²) in [5.41, 5.74) is 9.68. The summed E-state index contributed by atoms with van der Waals surface area (Å²) in [6, 6.07) is 7.80. The van der Waals surface area contributed by atoms with Crippen LogP contribution in [0.1, 0.15) is 11.6 Å². The molecule has 2 heterocycles. The molecule has 3 rings (SSSR count). The molecule has 1 saturated heterocycles. The van der Waals surface area contributed by atoms with Crippen LogP contribution in [0.25, 0.3) is 11.3 Å². The molecule has 0 saturated carbocycles. The van der Waals surface area contributed by atoms with Gasteiger partial charge in [-0.25, -0.2) is 0 Å². The second-order valence-electron chi connectivity index (χ2n) is 4.23. The van der Waals surface area contributed by atoms with Crippen molar-refractivity contribution in [1.82, 2.24) is 15.3 Å². The monoisotopic (exact) mass is 262 g/mol. The van der Waals surface area contributed by atoms with E-state index in [2.05, 4.69) is 15.3 Å². The van der Waals surface area contributed by atoms with Gasteiger partial charge in [0, 0.05) is 42.7 Å². The van der Waals surface area contributed by atoms with Crippen LogP contribution in [0, 0.1) is 0 Å². The molecular weight excluding hydrogens is 248 g/mol. The van der Waals surface area contributed by atoms with E-state index < -0.39 is 0 Å². The summed E-state index contributed by atoms with van der Waals surface area (Å²) in [6.07, 6.45) is 3.47. The van der Waals surface area contributed by atoms with Gasteiger partial charge in [-0.2, -0.15) is 0 Å². The van der Waals surface area contributed by atoms with Crippen molar-refractivity contribution in [2.75, 3.05) is 18.8 Å². The van der Waals surface area contributed by atoms with E-state index in [-0.39, 0.29) is 12.4 Å². The molecule has 1 aliphatic rings. The summed E-state index contributed by atoms with van der Waals surface area (Å²) in [5.74, 6) is 0.457. The molecule has 1 fully saturated rings. The van der Waals surface area contributed by atoms with E-state index in [4.69, 9.17) is 5.73 Å². The minimum absolute atomic E-state index is 0. The number of rotatable bonds is 2. The largest absolute Gasteiger partial charge is 0.398 e. The van der Waals surface area contributed by atoms with Crippen molar-refractivity contribution in [3.05, 3.63) is 42.4 Å². The van der Waals surface area contributed by atoms with Gasteiger partial charge in [0.05, 0.1) is 11.4 Å². The first-order chi connectivity index (χ1) is 8.36. The number of nitrogens with zero attached hydrogens (tertiary/aromatic N) is 2. The Morgan fingerprint density at radius 1 is 1.11 bits per heavy atom. The van der Waals surface area contributed by atoms with Crippen LogP contribution in [0.4, 0.5) is 5.69 Å². The van der Waals surface area contributed by atoms with E-state index in [1.807, 2.05) is 24.3 Å². The van der Waals surface area contributed by atoms with Gasteiger partial charge in [0.1, 0.15) is 0 Å². The number of nitrogens with two attached hydrogens (primary N) is 1. The minimum atomic E-state index is 0. The third-order valence-corrected chi connectivity index (χ3v) is 3.11. The van der Waals surface area contributed by atoms with Gasteiger partial charge in [0.2, 0.25) is 0 Å². The third kappa shape index (κ3) is 2.17. The molecule has 4 nitrogen and oxygen atoms in total. The fourth-order valence-electron chi connectivity index (χ4n) is 2.05. The number of aromatic nitrogens is 2. The Labute approximate surface area is 112 Å². The van der Waals surface area contributed by atoms with E-state index in [1.165, 1.54) is 0 Å². The molecule has 0 spiro atoms. The normalized spacial score (nSPS) is 14.7. The number of para-hydroxylation sites is 1. The molecule has 5 heteroatoms. The van der Waals surface area contributed by atoms with E-state index in [1.54, 1.807) is 12.4 Å². The zero-order valence-corrected chi connectivity index (χ0v) is 10.7. The third-order valence-electron chi connectivity index (χ3n) is 3.11. The standard InChI is InChI=1S/C13H14N4.ClH/c14-11-4-2-1-3-10(11)13-12(9-7-15-8-9)16-5-6-17-13;/h1-6,9,15H,7-8,14H2;1H. The summed E-state index contributed by atoms with van der Waals surface area (Å²) in [7, 11) is 0. The fraction of sp³-hybridized carbons (Fsp3) is 0.231. The van der Waals surface area contributed by atoms with Crippen LogP contribution in [0.2, 0.25) is 0 Å². The molecule has 3 N–H and O–H groups in total. The van der Waals surface area contributed by atoms with E-state index in [9.17, 15) is 0 Å². The maximum atomic E-state index is 6.00. The Kier molecular flexibility index (Phi) is 3.79. The molecule has 0 atom stereocenters. The molecule has 1 aromatic heterocycles. The first-order valence-electron chi connectivity index (χ1n) is 5.73. The van der Waals surface area contributed by atoms with E-state index in [0.717, 1.165) is 35.7 Å². The second-order valence-corrected chi connectivity index (χ2v) is 4.23. The predicted molar refractivity (Wildman–Crippen MR) is 74.7 cm³/mol. The van der Waals surface area contributed by atoms with Crippen molar-refractivity contribution < 1.29 is 0 Å². The molecule has 0 unspecified atom stereocenters. The van der Waals surface area contributed by atoms with Gasteiger partial charge in [-0.05, 0) is 6.07 Å². The van der Waals surface area contributed by atoms with Crippen LogP contribution in [-0.2, 0) is 0 Å². The fourth-order valence-corrected chi connectivity index (χ4v) is 2.05. The Morgan fingerprint density at radius 3 is 2.50 bits per heavy atom. The number of halogens is 1. The summed E-state index contributed by atoms with van der Waals surface area (Å²) in [5, 5.41) is 3.25. The highest BCUT2D eigenvalue weighted by molar-refractivity contribution is 5.85. The van der Waals surface area contributed by atoms with Gasteiger partial charge in [0.25, 0.3) is 0 Å². The van der Waals surface area contributed by atoms with Gasteiger partial charge in [-0.3, -0.25) is 9.97 Å². The first-order valence-corrected chi connectivity index (χ1v) is 5.73. The summed E-state index contributed by atoms with van der Waals surface area (Å²) >= 11 is 0. The zero-order valence-electron chi connectivity index (χ0n) is 9.84. The van der Waals surface area contributed by atoms with Gasteiger partial charge < -0.3 is 11.1 Å². The molecule has 1 aromatic carbocycles. The summed E-state index contributed by atoms with van der Waals surface area (Å²) in [4.78, 5) is 8.90. The van der Waals surface area contributed by atoms with Crippen molar-refractivity contribution >= 4 is 18.1 Å². The van der Waals surface area contributed by atoms with Gasteiger partial charge in [-0.15, -0.1) is 12.4 Å². The quantitative estimate of drug-likeness (QED) is 0.811. The van der Waals surface area contributed by atoms with Crippen LogP contribution in [0.3, 0.4) is 0 Å². The van der Waals surface area contributed by atoms with Crippen LogP contribution in [0.5, 0.6) is 0 Å². The molecule has 0 amide bonds. The lowest BCUT2D eigenvalue weighted by Gasteiger charge is -2.27. The Morgan fingerprint density at radius 2 is 1.83 bits per heavy atom. The molecule has 0 bridgehead atoms. The highest BCUT2D eigenvalue weighted by Crippen LogP contribution is 2.30. The minimum Gasteiger partial charge on any atom is -0.398 e. The molecule has 18 heavy (non-hydrogen) atoms. The molecular formula is C13H15ClN4. The molecule has 0 radical (unpaired) electrons. The van der Waals surface area contributed by atoms with Crippen molar-refractivity contribution in [2.24, 2.45) is 0 Å². The van der Waals surface area contributed by atoms with Crippen molar-refractivity contribution in [2.45, 2.75) is 5.92 Å². The van der Waals surface area contributed by atoms with Crippen LogP contribution in [0.15, 0.2) is 36.7 Å². The number of anilines is 1. The van der Waals surface area contributed by atoms with Crippen LogP contribution >= 0.6 is 12.4 Å². The van der Waals surface area contributed by atoms with Crippen molar-refractivity contribution in [3.63, 3.8) is 0 Å². The predicted octanol–water partition coefficient (Wildman–Crippen LogP) is 1.83. The average Bonchev–Trinajstić information content (AvgIpc) is 2.29. The first kappa shape index (κ1) is 12.8. The lowest BCUT2D eigenvalue weighted by atomic mass is 9.94. The number of hydrogen-bond donors (Lipinski definition) is 2. The number of benzene rings is 1. The van der Waals surface area contributed by atoms with Crippen molar-refractivity contribution in [1.29, 1.82) is 0 Å². The summed E-state index contributed by atoms with van der Waals surface area (Å²) in [6.45, 7) is 1.94. The van der Waals surface area contributed by atoms with Crippen LogP contribution < -0.4 is 11.1 Å². The van der Waals surface area contributed by atoms with Gasteiger partial charge >= 0.3 is 0 Å². The maximum Gasteiger partial charge on any atom is 0.0941 e. The Balaban J connectivity index is 0.00000120. The van der Waals surface area contributed by atoms with Gasteiger partial charge in [0.15, 0.2) is 0 Å². The van der Waals surface area contributed by atoms with Gasteiger partial charge in [-0.1, -0.05) is 18.2 Å². The molecule has 94 valence electrons. The zero-order chi connectivity index (χ0) is 11.7. The number of nitrogen functional groups attached to an aromatic ring is 1. The van der Waals surface area contributed by atoms with E-state index in [0.29, 0.717) is 5.92 Å². The average molecular weight is 263 g/mol. The SMILES string of the molecule is Cl.Nc1ccccc1-c1nccnc1C1CNC1. The molecule has 1 aliphatic heterocycles. The topological polar surface area (TPSA) is 63.8 Å². The second kappa shape index (κ2) is 5.33. The highest BCUT2D eigenvalue weighted by atomic mass is 35.5. The Hall–Kier alpha value is -1.65. The number of hydrogen-bond acceptors (Lipinski definition) is 4. The molecule has 2 aromatic rings. The smallest absolute Gasteiger partial charge is 0.0941 e. The lowest BCUT2D eigenvalue weighted by molar-refractivity contribution is 0.440. The summed E-state index contributed by atoms with van der Waals surface area (Å²) < 4.78 is 0. The Bertz CT molecular complexity index is 540. The lowest BCUT2D eigenvalue weighted by Crippen LogP contribution is -2.40. The number of nitrogens with one attached hydrogen (secondary N) is 1.